The Hall–Kier alpha value is -3.34. The molecule has 0 unspecified atom stereocenters. The minimum absolute atomic E-state index is 0.0596. The molecule has 0 spiro atoms. The number of ether oxygens (including phenoxy) is 1. The number of benzene rings is 2. The normalized spacial score (nSPS) is 11.1. The topological polar surface area (TPSA) is 96.0 Å². The molecule has 0 fully saturated rings. The summed E-state index contributed by atoms with van der Waals surface area (Å²) in [5, 5.41) is 12.6. The number of rotatable bonds is 10. The maximum Gasteiger partial charge on any atom is 0.295 e. The van der Waals surface area contributed by atoms with Crippen molar-refractivity contribution >= 4 is 35.0 Å². The number of hydrogen-bond donors (Lipinski definition) is 1. The van der Waals surface area contributed by atoms with Crippen LogP contribution in [0.2, 0.25) is 5.02 Å². The molecule has 0 saturated heterocycles. The van der Waals surface area contributed by atoms with Crippen molar-refractivity contribution in [1.29, 1.82) is 0 Å². The summed E-state index contributed by atoms with van der Waals surface area (Å²) in [6.07, 6.45) is 0.744. The first-order valence-corrected chi connectivity index (χ1v) is 12.7. The zero-order chi connectivity index (χ0) is 25.7. The molecule has 0 aliphatic carbocycles. The van der Waals surface area contributed by atoms with Gasteiger partial charge in [0.1, 0.15) is 5.69 Å². The first-order valence-electron chi connectivity index (χ1n) is 11.4. The fourth-order valence-electron chi connectivity index (χ4n) is 3.82. The summed E-state index contributed by atoms with van der Waals surface area (Å²) in [5.74, 6) is 0.380. The highest BCUT2D eigenvalue weighted by atomic mass is 35.5. The fraction of sp³-hybridized carbons (Fsp3) is 0.280. The zero-order valence-electron chi connectivity index (χ0n) is 20.3. The van der Waals surface area contributed by atoms with Crippen LogP contribution in [0.15, 0.2) is 64.5 Å². The van der Waals surface area contributed by atoms with Crippen LogP contribution in [0.4, 0.5) is 5.69 Å². The van der Waals surface area contributed by atoms with Crippen LogP contribution < -0.4 is 10.9 Å². The number of amides is 1. The summed E-state index contributed by atoms with van der Waals surface area (Å²) in [7, 11) is 3.44. The van der Waals surface area contributed by atoms with E-state index in [2.05, 4.69) is 15.5 Å². The van der Waals surface area contributed by atoms with Gasteiger partial charge in [-0.2, -0.15) is 0 Å². The third-order valence-corrected chi connectivity index (χ3v) is 7.01. The van der Waals surface area contributed by atoms with Crippen LogP contribution in [-0.2, 0) is 23.1 Å². The van der Waals surface area contributed by atoms with Crippen LogP contribution in [0.1, 0.15) is 12.1 Å². The first kappa shape index (κ1) is 25.7. The molecule has 11 heteroatoms. The number of aromatic nitrogens is 5. The quantitative estimate of drug-likeness (QED) is 0.246. The number of methoxy groups -OCH3 is 1. The van der Waals surface area contributed by atoms with Crippen molar-refractivity contribution in [3.63, 3.8) is 0 Å². The number of nitrogens with zero attached hydrogens (tertiary/aromatic N) is 5. The molecule has 4 rings (SSSR count). The summed E-state index contributed by atoms with van der Waals surface area (Å²) in [5.41, 5.74) is 2.11. The highest BCUT2D eigenvalue weighted by Gasteiger charge is 2.20. The van der Waals surface area contributed by atoms with E-state index < -0.39 is 0 Å². The number of carbonyl (C=O) groups is 1. The molecule has 0 saturated carbocycles. The number of thioether (sulfide) groups is 1. The van der Waals surface area contributed by atoms with Crippen molar-refractivity contribution in [2.24, 2.45) is 7.05 Å². The molecule has 36 heavy (non-hydrogen) atoms. The Kier molecular flexibility index (Phi) is 8.29. The molecule has 188 valence electrons. The van der Waals surface area contributed by atoms with Gasteiger partial charge in [-0.1, -0.05) is 53.7 Å². The average molecular weight is 527 g/mol. The van der Waals surface area contributed by atoms with Crippen LogP contribution in [0.5, 0.6) is 0 Å². The van der Waals surface area contributed by atoms with Gasteiger partial charge in [-0.3, -0.25) is 14.3 Å². The maximum absolute atomic E-state index is 13.1. The minimum Gasteiger partial charge on any atom is -0.385 e. The fourth-order valence-corrected chi connectivity index (χ4v) is 4.81. The highest BCUT2D eigenvalue weighted by Crippen LogP contribution is 2.29. The number of para-hydroxylation sites is 1. The van der Waals surface area contributed by atoms with Crippen molar-refractivity contribution in [2.45, 2.75) is 25.0 Å². The smallest absolute Gasteiger partial charge is 0.295 e. The number of carbonyl (C=O) groups excluding carboxylic acids is 1. The highest BCUT2D eigenvalue weighted by molar-refractivity contribution is 7.99. The van der Waals surface area contributed by atoms with Crippen molar-refractivity contribution < 1.29 is 9.53 Å². The molecule has 0 bridgehead atoms. The first-order chi connectivity index (χ1) is 17.4. The Labute approximate surface area is 218 Å². The van der Waals surface area contributed by atoms with Crippen molar-refractivity contribution in [2.75, 3.05) is 24.8 Å². The predicted molar refractivity (Wildman–Crippen MR) is 142 cm³/mol. The maximum atomic E-state index is 13.1. The lowest BCUT2D eigenvalue weighted by Crippen LogP contribution is -2.23. The van der Waals surface area contributed by atoms with Crippen LogP contribution in [-0.4, -0.2) is 49.5 Å². The minimum atomic E-state index is -0.309. The zero-order valence-corrected chi connectivity index (χ0v) is 21.8. The monoisotopic (exact) mass is 526 g/mol. The molecular formula is C25H27ClN6O3S. The SMILES string of the molecule is COCCCn1c(SCC(=O)Nc2c(C)n(C)n(-c3ccccc3)c2=O)nnc1-c1ccccc1Cl. The third kappa shape index (κ3) is 5.40. The molecular weight excluding hydrogens is 500 g/mol. The van der Waals surface area contributed by atoms with Gasteiger partial charge >= 0.3 is 0 Å². The van der Waals surface area contributed by atoms with Gasteiger partial charge in [0.25, 0.3) is 5.56 Å². The second-order valence-corrected chi connectivity index (χ2v) is 9.41. The Morgan fingerprint density at radius 2 is 1.83 bits per heavy atom. The molecule has 0 radical (unpaired) electrons. The summed E-state index contributed by atoms with van der Waals surface area (Å²) in [6, 6.07) is 16.7. The molecule has 2 heterocycles. The van der Waals surface area contributed by atoms with Gasteiger partial charge in [0.15, 0.2) is 11.0 Å². The Morgan fingerprint density at radius 1 is 1.11 bits per heavy atom. The Morgan fingerprint density at radius 3 is 2.56 bits per heavy atom. The largest absolute Gasteiger partial charge is 0.385 e. The molecule has 0 aliphatic rings. The second-order valence-electron chi connectivity index (χ2n) is 8.06. The summed E-state index contributed by atoms with van der Waals surface area (Å²) in [6.45, 7) is 2.97. The number of halogens is 1. The second kappa shape index (κ2) is 11.6. The molecule has 9 nitrogen and oxygen atoms in total. The summed E-state index contributed by atoms with van der Waals surface area (Å²) in [4.78, 5) is 25.9. The molecule has 0 aliphatic heterocycles. The van der Waals surface area contributed by atoms with E-state index in [9.17, 15) is 9.59 Å². The lowest BCUT2D eigenvalue weighted by Gasteiger charge is -2.11. The van der Waals surface area contributed by atoms with Gasteiger partial charge < -0.3 is 14.6 Å². The van der Waals surface area contributed by atoms with E-state index in [1.165, 1.54) is 16.4 Å². The van der Waals surface area contributed by atoms with E-state index in [0.717, 1.165) is 17.7 Å². The van der Waals surface area contributed by atoms with Crippen LogP contribution in [0.25, 0.3) is 17.1 Å². The van der Waals surface area contributed by atoms with E-state index in [-0.39, 0.29) is 22.9 Å². The number of hydrogen-bond acceptors (Lipinski definition) is 6. The molecule has 1 amide bonds. The summed E-state index contributed by atoms with van der Waals surface area (Å²) < 4.78 is 10.4. The van der Waals surface area contributed by atoms with Crippen molar-refractivity contribution in [3.8, 4) is 17.1 Å². The molecule has 2 aromatic carbocycles. The third-order valence-electron chi connectivity index (χ3n) is 5.71. The number of nitrogens with one attached hydrogen (secondary N) is 1. The Balaban J connectivity index is 1.53. The van der Waals surface area contributed by atoms with E-state index >= 15 is 0 Å². The number of anilines is 1. The molecule has 2 aromatic heterocycles. The molecule has 1 N–H and O–H groups in total. The molecule has 0 atom stereocenters. The van der Waals surface area contributed by atoms with Gasteiger partial charge in [-0.25, -0.2) is 4.68 Å². The van der Waals surface area contributed by atoms with Gasteiger partial charge in [0.05, 0.1) is 22.2 Å². The van der Waals surface area contributed by atoms with Crippen LogP contribution >= 0.6 is 23.4 Å². The van der Waals surface area contributed by atoms with Crippen molar-refractivity contribution in [1.82, 2.24) is 24.1 Å². The predicted octanol–water partition coefficient (Wildman–Crippen LogP) is 4.16. The van der Waals surface area contributed by atoms with E-state index in [4.69, 9.17) is 16.3 Å². The standard InChI is InChI=1S/C25H27ClN6O3S/c1-17-22(24(34)32(30(17)2)18-10-5-4-6-11-18)27-21(33)16-36-25-29-28-23(31(25)14-9-15-35-3)19-12-7-8-13-20(19)26/h4-8,10-13H,9,14-16H2,1-3H3,(H,27,33). The van der Waals surface area contributed by atoms with Gasteiger partial charge in [0.2, 0.25) is 5.91 Å². The van der Waals surface area contributed by atoms with Crippen LogP contribution in [0.3, 0.4) is 0 Å². The van der Waals surface area contributed by atoms with E-state index in [1.54, 1.807) is 31.8 Å². The van der Waals surface area contributed by atoms with Crippen LogP contribution in [0, 0.1) is 6.92 Å². The molecule has 4 aromatic rings. The van der Waals surface area contributed by atoms with E-state index in [0.29, 0.717) is 34.8 Å². The van der Waals surface area contributed by atoms with Gasteiger partial charge in [0, 0.05) is 32.9 Å². The van der Waals surface area contributed by atoms with Crippen molar-refractivity contribution in [3.05, 3.63) is 75.7 Å². The van der Waals surface area contributed by atoms with Gasteiger partial charge in [-0.15, -0.1) is 10.2 Å². The summed E-state index contributed by atoms with van der Waals surface area (Å²) >= 11 is 7.65. The average Bonchev–Trinajstić information content (AvgIpc) is 3.37. The van der Waals surface area contributed by atoms with Gasteiger partial charge in [-0.05, 0) is 37.6 Å². The van der Waals surface area contributed by atoms with E-state index in [1.807, 2.05) is 53.1 Å². The lowest BCUT2D eigenvalue weighted by atomic mass is 10.2. The lowest BCUT2D eigenvalue weighted by molar-refractivity contribution is -0.113. The Bertz CT molecular complexity index is 1410.